The molecule has 0 fully saturated rings. The Hall–Kier alpha value is -2.67. The number of halogens is 2. The Bertz CT molecular complexity index is 898. The fraction of sp³-hybridized carbons (Fsp3) is 0.111. The van der Waals surface area contributed by atoms with Crippen molar-refractivity contribution in [3.05, 3.63) is 81.4 Å². The molecule has 0 spiro atoms. The molecular weight excluding hydrogens is 391 g/mol. The highest BCUT2D eigenvalue weighted by molar-refractivity contribution is 9.10. The molecule has 0 aliphatic heterocycles. The van der Waals surface area contributed by atoms with Gasteiger partial charge in [0, 0.05) is 0 Å². The van der Waals surface area contributed by atoms with Crippen molar-refractivity contribution in [1.29, 1.82) is 0 Å². The van der Waals surface area contributed by atoms with Gasteiger partial charge in [-0.25, -0.2) is 4.39 Å². The molecule has 0 N–H and O–H groups in total. The third-order valence-electron chi connectivity index (χ3n) is 3.31. The lowest BCUT2D eigenvalue weighted by Gasteiger charge is -2.11. The van der Waals surface area contributed by atoms with E-state index in [1.807, 2.05) is 30.3 Å². The molecule has 7 heteroatoms. The van der Waals surface area contributed by atoms with Crippen molar-refractivity contribution in [2.24, 2.45) is 0 Å². The van der Waals surface area contributed by atoms with Crippen molar-refractivity contribution < 1.29 is 13.9 Å². The lowest BCUT2D eigenvalue weighted by Crippen LogP contribution is -2.22. The Balaban J connectivity index is 1.66. The molecule has 0 aliphatic carbocycles. The van der Waals surface area contributed by atoms with Gasteiger partial charge >= 0.3 is 0 Å². The standard InChI is InChI=1S/C18H14BrFN2O3/c19-17-16(25-11-10-24-15-4-2-1-3-5-15)12-21-22(18(17)23)14-8-6-13(20)7-9-14/h1-9,12H,10-11H2. The topological polar surface area (TPSA) is 53.4 Å². The summed E-state index contributed by atoms with van der Waals surface area (Å²) in [5, 5.41) is 4.06. The van der Waals surface area contributed by atoms with Gasteiger partial charge in [0.2, 0.25) is 0 Å². The molecule has 0 amide bonds. The number of hydrogen-bond acceptors (Lipinski definition) is 4. The van der Waals surface area contributed by atoms with Crippen LogP contribution < -0.4 is 15.0 Å². The van der Waals surface area contributed by atoms with E-state index in [1.165, 1.54) is 30.5 Å². The second-order valence-electron chi connectivity index (χ2n) is 5.03. The summed E-state index contributed by atoms with van der Waals surface area (Å²) in [6.45, 7) is 0.590. The van der Waals surface area contributed by atoms with Gasteiger partial charge in [0.15, 0.2) is 5.75 Å². The molecule has 5 nitrogen and oxygen atoms in total. The minimum atomic E-state index is -0.395. The van der Waals surface area contributed by atoms with Crippen molar-refractivity contribution in [3.63, 3.8) is 0 Å². The molecule has 0 radical (unpaired) electrons. The quantitative estimate of drug-likeness (QED) is 0.589. The van der Waals surface area contributed by atoms with E-state index in [0.29, 0.717) is 18.0 Å². The maximum absolute atomic E-state index is 13.0. The van der Waals surface area contributed by atoms with Gasteiger partial charge in [-0.05, 0) is 52.3 Å². The minimum Gasteiger partial charge on any atom is -0.490 e. The van der Waals surface area contributed by atoms with Crippen LogP contribution in [0.15, 0.2) is 70.1 Å². The predicted octanol–water partition coefficient (Wildman–Crippen LogP) is 3.59. The maximum atomic E-state index is 13.0. The van der Waals surface area contributed by atoms with Crippen LogP contribution in [0.2, 0.25) is 0 Å². The summed E-state index contributed by atoms with van der Waals surface area (Å²) in [6.07, 6.45) is 1.43. The second-order valence-corrected chi connectivity index (χ2v) is 5.82. The van der Waals surface area contributed by atoms with Crippen LogP contribution in [0.3, 0.4) is 0 Å². The van der Waals surface area contributed by atoms with Crippen LogP contribution in [0.5, 0.6) is 11.5 Å². The zero-order valence-corrected chi connectivity index (χ0v) is 14.6. The molecule has 0 bridgehead atoms. The van der Waals surface area contributed by atoms with E-state index in [-0.39, 0.29) is 16.9 Å². The first-order chi connectivity index (χ1) is 12.1. The van der Waals surface area contributed by atoms with Crippen LogP contribution in [0, 0.1) is 5.82 Å². The number of benzene rings is 2. The second kappa shape index (κ2) is 7.94. The van der Waals surface area contributed by atoms with Gasteiger partial charge in [-0.3, -0.25) is 4.79 Å². The predicted molar refractivity (Wildman–Crippen MR) is 94.9 cm³/mol. The molecule has 1 aromatic heterocycles. The lowest BCUT2D eigenvalue weighted by molar-refractivity contribution is 0.215. The number of nitrogens with zero attached hydrogens (tertiary/aromatic N) is 2. The number of ether oxygens (including phenoxy) is 2. The van der Waals surface area contributed by atoms with E-state index in [2.05, 4.69) is 21.0 Å². The van der Waals surface area contributed by atoms with E-state index in [4.69, 9.17) is 9.47 Å². The van der Waals surface area contributed by atoms with E-state index in [0.717, 1.165) is 10.4 Å². The van der Waals surface area contributed by atoms with Crippen molar-refractivity contribution in [2.45, 2.75) is 0 Å². The van der Waals surface area contributed by atoms with Crippen LogP contribution in [0.4, 0.5) is 4.39 Å². The van der Waals surface area contributed by atoms with Gasteiger partial charge in [0.05, 0.1) is 11.9 Å². The summed E-state index contributed by atoms with van der Waals surface area (Å²) < 4.78 is 25.5. The summed E-state index contributed by atoms with van der Waals surface area (Å²) in [5.41, 5.74) is 0.0687. The molecule has 0 unspecified atom stereocenters. The van der Waals surface area contributed by atoms with Crippen LogP contribution in [-0.2, 0) is 0 Å². The fourth-order valence-corrected chi connectivity index (χ4v) is 2.50. The largest absolute Gasteiger partial charge is 0.490 e. The molecular formula is C18H14BrFN2O3. The number of hydrogen-bond donors (Lipinski definition) is 0. The minimum absolute atomic E-state index is 0.242. The van der Waals surface area contributed by atoms with Crippen LogP contribution >= 0.6 is 15.9 Å². The van der Waals surface area contributed by atoms with Gasteiger partial charge in [-0.1, -0.05) is 18.2 Å². The molecule has 3 aromatic rings. The fourth-order valence-electron chi connectivity index (χ4n) is 2.11. The first kappa shape index (κ1) is 17.2. The highest BCUT2D eigenvalue weighted by atomic mass is 79.9. The van der Waals surface area contributed by atoms with Gasteiger partial charge in [-0.15, -0.1) is 0 Å². The van der Waals surface area contributed by atoms with E-state index >= 15 is 0 Å². The molecule has 25 heavy (non-hydrogen) atoms. The monoisotopic (exact) mass is 404 g/mol. The smallest absolute Gasteiger partial charge is 0.289 e. The van der Waals surface area contributed by atoms with E-state index in [9.17, 15) is 9.18 Å². The zero-order chi connectivity index (χ0) is 17.6. The molecule has 3 rings (SSSR count). The summed E-state index contributed by atoms with van der Waals surface area (Å²) in [4.78, 5) is 12.4. The third kappa shape index (κ3) is 4.24. The number of aromatic nitrogens is 2. The van der Waals surface area contributed by atoms with Crippen molar-refractivity contribution in [2.75, 3.05) is 13.2 Å². The summed E-state index contributed by atoms with van der Waals surface area (Å²) in [5.74, 6) is 0.685. The van der Waals surface area contributed by atoms with Crippen molar-refractivity contribution in [3.8, 4) is 17.2 Å². The van der Waals surface area contributed by atoms with Gasteiger partial charge in [0.25, 0.3) is 5.56 Å². The van der Waals surface area contributed by atoms with Crippen molar-refractivity contribution in [1.82, 2.24) is 9.78 Å². The Labute approximate surface area is 151 Å². The average Bonchev–Trinajstić information content (AvgIpc) is 2.64. The Morgan fingerprint density at radius 3 is 2.40 bits per heavy atom. The van der Waals surface area contributed by atoms with Gasteiger partial charge in [-0.2, -0.15) is 9.78 Å². The summed E-state index contributed by atoms with van der Waals surface area (Å²) in [6, 6.07) is 14.8. The Kier molecular flexibility index (Phi) is 5.45. The van der Waals surface area contributed by atoms with Crippen LogP contribution in [-0.4, -0.2) is 23.0 Å². The molecule has 2 aromatic carbocycles. The van der Waals surface area contributed by atoms with Crippen molar-refractivity contribution >= 4 is 15.9 Å². The highest BCUT2D eigenvalue weighted by Gasteiger charge is 2.11. The van der Waals surface area contributed by atoms with Gasteiger partial charge < -0.3 is 9.47 Å². The van der Waals surface area contributed by atoms with Crippen LogP contribution in [0.25, 0.3) is 5.69 Å². The molecule has 0 saturated heterocycles. The average molecular weight is 405 g/mol. The summed E-state index contributed by atoms with van der Waals surface area (Å²) in [7, 11) is 0. The summed E-state index contributed by atoms with van der Waals surface area (Å²) >= 11 is 3.23. The normalized spacial score (nSPS) is 10.5. The van der Waals surface area contributed by atoms with Gasteiger partial charge in [0.1, 0.15) is 29.3 Å². The highest BCUT2D eigenvalue weighted by Crippen LogP contribution is 2.20. The molecule has 0 atom stereocenters. The molecule has 1 heterocycles. The molecule has 0 saturated carbocycles. The zero-order valence-electron chi connectivity index (χ0n) is 13.1. The first-order valence-corrected chi connectivity index (χ1v) is 8.29. The van der Waals surface area contributed by atoms with E-state index < -0.39 is 5.56 Å². The van der Waals surface area contributed by atoms with E-state index in [1.54, 1.807) is 0 Å². The number of para-hydroxylation sites is 1. The Morgan fingerprint density at radius 2 is 1.68 bits per heavy atom. The molecule has 0 aliphatic rings. The SMILES string of the molecule is O=c1c(Br)c(OCCOc2ccccc2)cnn1-c1ccc(F)cc1. The van der Waals surface area contributed by atoms with Crippen LogP contribution in [0.1, 0.15) is 0 Å². The first-order valence-electron chi connectivity index (χ1n) is 7.49. The Morgan fingerprint density at radius 1 is 1.00 bits per heavy atom. The third-order valence-corrected chi connectivity index (χ3v) is 4.04. The lowest BCUT2D eigenvalue weighted by atomic mass is 10.3. The maximum Gasteiger partial charge on any atom is 0.289 e. The number of rotatable bonds is 6. The molecule has 128 valence electrons.